The van der Waals surface area contributed by atoms with E-state index >= 15 is 0 Å². The van der Waals surface area contributed by atoms with Crippen molar-refractivity contribution < 1.29 is 13.2 Å². The standard InChI is InChI=1S/C17H23N3O3S/c1-13(19-16-6-9-24(21,22)12-16)14-4-5-17(23-2)15(10-14)11-20-8-3-7-18-20/h3-5,7-8,10,13,16,19H,6,9,11-12H2,1-2H3/t13-,16+/m0/s1. The van der Waals surface area contributed by atoms with Crippen LogP contribution in [-0.2, 0) is 16.4 Å². The second-order valence-electron chi connectivity index (χ2n) is 6.26. The Kier molecular flexibility index (Phi) is 4.91. The number of hydrogen-bond donors (Lipinski definition) is 1. The first-order chi connectivity index (χ1) is 11.5. The molecule has 0 unspecified atom stereocenters. The molecule has 0 radical (unpaired) electrons. The van der Waals surface area contributed by atoms with Crippen molar-refractivity contribution in [2.75, 3.05) is 18.6 Å². The Morgan fingerprint density at radius 3 is 2.92 bits per heavy atom. The van der Waals surface area contributed by atoms with Crippen LogP contribution < -0.4 is 10.1 Å². The maximum absolute atomic E-state index is 11.6. The van der Waals surface area contributed by atoms with Crippen LogP contribution in [0.4, 0.5) is 0 Å². The van der Waals surface area contributed by atoms with Crippen LogP contribution >= 0.6 is 0 Å². The Morgan fingerprint density at radius 1 is 1.46 bits per heavy atom. The van der Waals surface area contributed by atoms with Gasteiger partial charge in [0.15, 0.2) is 9.84 Å². The number of nitrogens with one attached hydrogen (secondary N) is 1. The Morgan fingerprint density at radius 2 is 2.29 bits per heavy atom. The van der Waals surface area contributed by atoms with Crippen LogP contribution in [0.3, 0.4) is 0 Å². The molecule has 2 aromatic rings. The molecule has 0 bridgehead atoms. The Hall–Kier alpha value is -1.86. The monoisotopic (exact) mass is 349 g/mol. The maximum Gasteiger partial charge on any atom is 0.151 e. The second-order valence-corrected chi connectivity index (χ2v) is 8.49. The number of benzene rings is 1. The first-order valence-corrected chi connectivity index (χ1v) is 9.90. The zero-order valence-electron chi connectivity index (χ0n) is 14.0. The van der Waals surface area contributed by atoms with Crippen molar-refractivity contribution >= 4 is 9.84 Å². The van der Waals surface area contributed by atoms with Crippen LogP contribution in [0.25, 0.3) is 0 Å². The first-order valence-electron chi connectivity index (χ1n) is 8.07. The average Bonchev–Trinajstić information content (AvgIpc) is 3.16. The molecule has 1 N–H and O–H groups in total. The summed E-state index contributed by atoms with van der Waals surface area (Å²) in [6, 6.07) is 8.07. The molecule has 24 heavy (non-hydrogen) atoms. The van der Waals surface area contributed by atoms with Crippen molar-refractivity contribution in [1.29, 1.82) is 0 Å². The van der Waals surface area contributed by atoms with Crippen LogP contribution in [0.2, 0.25) is 0 Å². The van der Waals surface area contributed by atoms with Gasteiger partial charge in [-0.3, -0.25) is 4.68 Å². The Bertz CT molecular complexity index is 787. The minimum atomic E-state index is -2.87. The summed E-state index contributed by atoms with van der Waals surface area (Å²) < 4.78 is 30.5. The zero-order chi connectivity index (χ0) is 17.2. The van der Waals surface area contributed by atoms with Crippen molar-refractivity contribution in [3.05, 3.63) is 47.8 Å². The number of sulfone groups is 1. The van der Waals surface area contributed by atoms with Gasteiger partial charge < -0.3 is 10.1 Å². The molecule has 1 aromatic heterocycles. The molecule has 1 aromatic carbocycles. The van der Waals surface area contributed by atoms with Crippen molar-refractivity contribution in [2.24, 2.45) is 0 Å². The number of hydrogen-bond acceptors (Lipinski definition) is 5. The number of aromatic nitrogens is 2. The van der Waals surface area contributed by atoms with Crippen LogP contribution in [0, 0.1) is 0 Å². The molecule has 3 rings (SSSR count). The zero-order valence-corrected chi connectivity index (χ0v) is 14.8. The van der Waals surface area contributed by atoms with Crippen molar-refractivity contribution in [1.82, 2.24) is 15.1 Å². The molecule has 1 fully saturated rings. The lowest BCUT2D eigenvalue weighted by Crippen LogP contribution is -2.32. The normalized spacial score (nSPS) is 20.8. The van der Waals surface area contributed by atoms with Gasteiger partial charge in [-0.1, -0.05) is 6.07 Å². The molecule has 1 saturated heterocycles. The highest BCUT2D eigenvalue weighted by atomic mass is 32.2. The van der Waals surface area contributed by atoms with Gasteiger partial charge in [0.25, 0.3) is 0 Å². The third kappa shape index (κ3) is 3.96. The van der Waals surface area contributed by atoms with Crippen molar-refractivity contribution in [3.63, 3.8) is 0 Å². The summed E-state index contributed by atoms with van der Waals surface area (Å²) >= 11 is 0. The highest BCUT2D eigenvalue weighted by Gasteiger charge is 2.28. The minimum Gasteiger partial charge on any atom is -0.496 e. The molecular weight excluding hydrogens is 326 g/mol. The van der Waals surface area contributed by atoms with Gasteiger partial charge in [-0.05, 0) is 37.1 Å². The van der Waals surface area contributed by atoms with E-state index in [2.05, 4.69) is 23.4 Å². The van der Waals surface area contributed by atoms with E-state index < -0.39 is 9.84 Å². The summed E-state index contributed by atoms with van der Waals surface area (Å²) in [5.41, 5.74) is 2.16. The van der Waals surface area contributed by atoms with E-state index in [1.54, 1.807) is 13.3 Å². The molecule has 2 heterocycles. The summed E-state index contributed by atoms with van der Waals surface area (Å²) in [6.07, 6.45) is 4.35. The molecule has 0 amide bonds. The number of nitrogens with zero attached hydrogens (tertiary/aromatic N) is 2. The molecule has 0 spiro atoms. The molecule has 6 nitrogen and oxygen atoms in total. The highest BCUT2D eigenvalue weighted by Crippen LogP contribution is 2.25. The molecule has 130 valence electrons. The molecule has 0 saturated carbocycles. The predicted molar refractivity (Wildman–Crippen MR) is 92.9 cm³/mol. The molecule has 1 aliphatic heterocycles. The lowest BCUT2D eigenvalue weighted by Gasteiger charge is -2.20. The van der Waals surface area contributed by atoms with Crippen LogP contribution in [0.15, 0.2) is 36.7 Å². The maximum atomic E-state index is 11.6. The van der Waals surface area contributed by atoms with E-state index in [1.807, 2.05) is 29.1 Å². The predicted octanol–water partition coefficient (Wildman–Crippen LogP) is 1.78. The van der Waals surface area contributed by atoms with Gasteiger partial charge in [-0.15, -0.1) is 0 Å². The number of rotatable bonds is 6. The van der Waals surface area contributed by atoms with Gasteiger partial charge in [-0.2, -0.15) is 5.10 Å². The minimum absolute atomic E-state index is 0.0293. The van der Waals surface area contributed by atoms with Gasteiger partial charge in [0.05, 0.1) is 25.2 Å². The molecular formula is C17H23N3O3S. The lowest BCUT2D eigenvalue weighted by atomic mass is 10.0. The van der Waals surface area contributed by atoms with E-state index in [9.17, 15) is 8.42 Å². The van der Waals surface area contributed by atoms with E-state index in [4.69, 9.17) is 4.74 Å². The summed E-state index contributed by atoms with van der Waals surface area (Å²) in [6.45, 7) is 2.69. The molecule has 2 atom stereocenters. The van der Waals surface area contributed by atoms with Gasteiger partial charge in [0.2, 0.25) is 0 Å². The topological polar surface area (TPSA) is 73.2 Å². The Balaban J connectivity index is 1.75. The van der Waals surface area contributed by atoms with Crippen molar-refractivity contribution in [3.8, 4) is 5.75 Å². The molecule has 0 aliphatic carbocycles. The Labute approximate surface area is 142 Å². The number of methoxy groups -OCH3 is 1. The van der Waals surface area contributed by atoms with E-state index in [-0.39, 0.29) is 23.6 Å². The SMILES string of the molecule is COc1ccc([C@H](C)N[C@@H]2CCS(=O)(=O)C2)cc1Cn1cccn1. The summed E-state index contributed by atoms with van der Waals surface area (Å²) in [7, 11) is -1.21. The number of ether oxygens (including phenoxy) is 1. The quantitative estimate of drug-likeness (QED) is 0.860. The third-order valence-corrected chi connectivity index (χ3v) is 6.18. The fourth-order valence-corrected chi connectivity index (χ4v) is 4.82. The van der Waals surface area contributed by atoms with Gasteiger partial charge in [0, 0.05) is 30.0 Å². The van der Waals surface area contributed by atoms with E-state index in [0.717, 1.165) is 16.9 Å². The van der Waals surface area contributed by atoms with Gasteiger partial charge in [0.1, 0.15) is 5.75 Å². The second kappa shape index (κ2) is 6.94. The van der Waals surface area contributed by atoms with Crippen LogP contribution in [-0.4, -0.2) is 42.9 Å². The summed E-state index contributed by atoms with van der Waals surface area (Å²) in [5.74, 6) is 1.34. The summed E-state index contributed by atoms with van der Waals surface area (Å²) in [5, 5.41) is 7.67. The lowest BCUT2D eigenvalue weighted by molar-refractivity contribution is 0.406. The fraction of sp³-hybridized carbons (Fsp3) is 0.471. The van der Waals surface area contributed by atoms with E-state index in [0.29, 0.717) is 13.0 Å². The largest absolute Gasteiger partial charge is 0.496 e. The smallest absolute Gasteiger partial charge is 0.151 e. The van der Waals surface area contributed by atoms with Crippen LogP contribution in [0.5, 0.6) is 5.75 Å². The van der Waals surface area contributed by atoms with Crippen LogP contribution in [0.1, 0.15) is 30.5 Å². The first kappa shape index (κ1) is 17.0. The van der Waals surface area contributed by atoms with E-state index in [1.165, 1.54) is 0 Å². The highest BCUT2D eigenvalue weighted by molar-refractivity contribution is 7.91. The third-order valence-electron chi connectivity index (χ3n) is 4.41. The fourth-order valence-electron chi connectivity index (χ4n) is 3.14. The molecule has 7 heteroatoms. The average molecular weight is 349 g/mol. The summed E-state index contributed by atoms with van der Waals surface area (Å²) in [4.78, 5) is 0. The van der Waals surface area contributed by atoms with Gasteiger partial charge >= 0.3 is 0 Å². The van der Waals surface area contributed by atoms with Crippen molar-refractivity contribution in [2.45, 2.75) is 32.0 Å². The molecule has 1 aliphatic rings. The van der Waals surface area contributed by atoms with Gasteiger partial charge in [-0.25, -0.2) is 8.42 Å².